The largest absolute Gasteiger partial charge is 0.494 e. The standard InChI is InChI=1S/C19H23N3O5/c23-18(17-13-26-11-12-27-17)20-19(7-8-19)14-5-9-21(10-6-14)15-3-1-2-4-16(15)22(24)25/h1-4,13-14H,5-12H2,(H,20,23). The molecule has 3 aliphatic rings. The van der Waals surface area contributed by atoms with Crippen molar-refractivity contribution in [1.29, 1.82) is 0 Å². The molecule has 1 aliphatic carbocycles. The number of rotatable bonds is 5. The third-order valence-corrected chi connectivity index (χ3v) is 5.72. The minimum absolute atomic E-state index is 0.145. The van der Waals surface area contributed by atoms with Crippen LogP contribution in [0.3, 0.4) is 0 Å². The van der Waals surface area contributed by atoms with E-state index in [-0.39, 0.29) is 27.8 Å². The summed E-state index contributed by atoms with van der Waals surface area (Å²) in [7, 11) is 0. The Bertz CT molecular complexity index is 766. The first-order valence-electron chi connectivity index (χ1n) is 9.34. The number of anilines is 1. The van der Waals surface area contributed by atoms with Crippen LogP contribution in [0, 0.1) is 16.0 Å². The Morgan fingerprint density at radius 2 is 1.96 bits per heavy atom. The van der Waals surface area contributed by atoms with Crippen LogP contribution in [-0.2, 0) is 14.3 Å². The van der Waals surface area contributed by atoms with Gasteiger partial charge in [-0.15, -0.1) is 0 Å². The van der Waals surface area contributed by atoms with Crippen molar-refractivity contribution in [2.24, 2.45) is 5.92 Å². The Kier molecular flexibility index (Phi) is 4.63. The molecule has 1 aromatic carbocycles. The van der Waals surface area contributed by atoms with Gasteiger partial charge in [0.25, 0.3) is 11.6 Å². The van der Waals surface area contributed by atoms with Gasteiger partial charge >= 0.3 is 0 Å². The van der Waals surface area contributed by atoms with E-state index in [9.17, 15) is 14.9 Å². The summed E-state index contributed by atoms with van der Waals surface area (Å²) < 4.78 is 10.5. The van der Waals surface area contributed by atoms with E-state index in [1.54, 1.807) is 18.2 Å². The Labute approximate surface area is 157 Å². The normalized spacial score (nSPS) is 21.5. The Morgan fingerprint density at radius 1 is 1.22 bits per heavy atom. The van der Waals surface area contributed by atoms with Crippen LogP contribution in [0.5, 0.6) is 0 Å². The molecule has 8 heteroatoms. The number of nitrogens with zero attached hydrogens (tertiary/aromatic N) is 2. The van der Waals surface area contributed by atoms with Crippen LogP contribution in [0.15, 0.2) is 36.3 Å². The van der Waals surface area contributed by atoms with Crippen LogP contribution in [0.4, 0.5) is 11.4 Å². The number of amides is 1. The van der Waals surface area contributed by atoms with Gasteiger partial charge in [0.15, 0.2) is 0 Å². The summed E-state index contributed by atoms with van der Waals surface area (Å²) >= 11 is 0. The van der Waals surface area contributed by atoms with Gasteiger partial charge in [0.1, 0.15) is 25.2 Å². The molecule has 0 atom stereocenters. The summed E-state index contributed by atoms with van der Waals surface area (Å²) in [6, 6.07) is 6.87. The molecule has 2 heterocycles. The predicted octanol–water partition coefficient (Wildman–Crippen LogP) is 2.35. The molecule has 1 amide bonds. The molecule has 0 aromatic heterocycles. The molecular formula is C19H23N3O5. The lowest BCUT2D eigenvalue weighted by Crippen LogP contribution is -2.48. The third kappa shape index (κ3) is 3.56. The number of carbonyl (C=O) groups excluding carboxylic acids is 1. The number of nitro groups is 1. The second-order valence-corrected chi connectivity index (χ2v) is 7.32. The molecule has 0 unspecified atom stereocenters. The minimum Gasteiger partial charge on any atom is -0.494 e. The van der Waals surface area contributed by atoms with Crippen molar-refractivity contribution in [3.05, 3.63) is 46.4 Å². The summed E-state index contributed by atoms with van der Waals surface area (Å²) in [6.07, 6.45) is 5.09. The minimum atomic E-state index is -0.329. The lowest BCUT2D eigenvalue weighted by Gasteiger charge is -2.37. The van der Waals surface area contributed by atoms with Crippen molar-refractivity contribution in [2.45, 2.75) is 31.2 Å². The van der Waals surface area contributed by atoms with E-state index in [0.717, 1.165) is 38.8 Å². The van der Waals surface area contributed by atoms with Crippen molar-refractivity contribution in [1.82, 2.24) is 5.32 Å². The van der Waals surface area contributed by atoms with E-state index in [1.807, 2.05) is 6.07 Å². The highest BCUT2D eigenvalue weighted by Crippen LogP contribution is 2.47. The maximum absolute atomic E-state index is 12.4. The summed E-state index contributed by atoms with van der Waals surface area (Å²) in [5, 5.41) is 14.4. The van der Waals surface area contributed by atoms with Crippen molar-refractivity contribution < 1.29 is 19.2 Å². The molecule has 0 radical (unpaired) electrons. The maximum atomic E-state index is 12.4. The summed E-state index contributed by atoms with van der Waals surface area (Å²) in [5.41, 5.74) is 0.646. The van der Waals surface area contributed by atoms with Crippen LogP contribution >= 0.6 is 0 Å². The van der Waals surface area contributed by atoms with Gasteiger partial charge in [-0.2, -0.15) is 0 Å². The first-order chi connectivity index (χ1) is 13.1. The van der Waals surface area contributed by atoms with Crippen molar-refractivity contribution in [3.8, 4) is 0 Å². The molecular weight excluding hydrogens is 350 g/mol. The highest BCUT2D eigenvalue weighted by atomic mass is 16.6. The lowest BCUT2D eigenvalue weighted by atomic mass is 9.86. The maximum Gasteiger partial charge on any atom is 0.292 e. The SMILES string of the molecule is O=C(NC1(C2CCN(c3ccccc3[N+](=O)[O-])CC2)CC1)C1=COCCO1. The smallest absolute Gasteiger partial charge is 0.292 e. The highest BCUT2D eigenvalue weighted by molar-refractivity contribution is 5.92. The molecule has 2 fully saturated rings. The average Bonchev–Trinajstić information content (AvgIpc) is 3.49. The molecule has 144 valence electrons. The summed E-state index contributed by atoms with van der Waals surface area (Å²) in [4.78, 5) is 25.5. The molecule has 4 rings (SSSR count). The Balaban J connectivity index is 1.39. The van der Waals surface area contributed by atoms with Crippen molar-refractivity contribution >= 4 is 17.3 Å². The molecule has 1 N–H and O–H groups in total. The number of carbonyl (C=O) groups is 1. The Hall–Kier alpha value is -2.77. The average molecular weight is 373 g/mol. The third-order valence-electron chi connectivity index (χ3n) is 5.72. The second kappa shape index (κ2) is 7.09. The van der Waals surface area contributed by atoms with Crippen molar-refractivity contribution in [3.63, 3.8) is 0 Å². The monoisotopic (exact) mass is 373 g/mol. The van der Waals surface area contributed by atoms with Gasteiger partial charge in [-0.05, 0) is 37.7 Å². The molecule has 0 bridgehead atoms. The number of nitrogens with one attached hydrogen (secondary N) is 1. The first kappa shape index (κ1) is 17.6. The topological polar surface area (TPSA) is 93.9 Å². The number of ether oxygens (including phenoxy) is 2. The van der Waals surface area contributed by atoms with Crippen molar-refractivity contribution in [2.75, 3.05) is 31.2 Å². The molecule has 1 saturated carbocycles. The zero-order chi connectivity index (χ0) is 18.9. The molecule has 0 spiro atoms. The fourth-order valence-electron chi connectivity index (χ4n) is 4.10. The van der Waals surface area contributed by atoms with E-state index in [2.05, 4.69) is 10.2 Å². The molecule has 8 nitrogen and oxygen atoms in total. The fraction of sp³-hybridized carbons (Fsp3) is 0.526. The van der Waals surface area contributed by atoms with Gasteiger partial charge in [-0.25, -0.2) is 0 Å². The van der Waals surface area contributed by atoms with Gasteiger partial charge in [0.2, 0.25) is 5.76 Å². The van der Waals surface area contributed by atoms with E-state index >= 15 is 0 Å². The fourth-order valence-corrected chi connectivity index (χ4v) is 4.10. The van der Waals surface area contributed by atoms with Gasteiger partial charge in [0, 0.05) is 24.7 Å². The van der Waals surface area contributed by atoms with Gasteiger partial charge < -0.3 is 19.7 Å². The quantitative estimate of drug-likeness (QED) is 0.629. The zero-order valence-corrected chi connectivity index (χ0v) is 15.1. The number of piperidine rings is 1. The first-order valence-corrected chi connectivity index (χ1v) is 9.34. The summed E-state index contributed by atoms with van der Waals surface area (Å²) in [5.74, 6) is 0.392. The Morgan fingerprint density at radius 3 is 2.59 bits per heavy atom. The van der Waals surface area contributed by atoms with E-state index in [1.165, 1.54) is 6.26 Å². The number of nitro benzene ring substituents is 1. The number of hydrogen-bond acceptors (Lipinski definition) is 6. The predicted molar refractivity (Wildman–Crippen MR) is 98.1 cm³/mol. The van der Waals surface area contributed by atoms with E-state index in [4.69, 9.17) is 9.47 Å². The summed E-state index contributed by atoms with van der Waals surface area (Å²) in [6.45, 7) is 2.34. The van der Waals surface area contributed by atoms with Gasteiger partial charge in [-0.1, -0.05) is 12.1 Å². The van der Waals surface area contributed by atoms with Crippen LogP contribution in [0.2, 0.25) is 0 Å². The molecule has 1 saturated heterocycles. The van der Waals surface area contributed by atoms with E-state index in [0.29, 0.717) is 24.8 Å². The number of benzene rings is 1. The van der Waals surface area contributed by atoms with Gasteiger partial charge in [0.05, 0.1) is 4.92 Å². The molecule has 1 aromatic rings. The lowest BCUT2D eigenvalue weighted by molar-refractivity contribution is -0.384. The molecule has 2 aliphatic heterocycles. The van der Waals surface area contributed by atoms with Gasteiger partial charge in [-0.3, -0.25) is 14.9 Å². The number of para-hydroxylation sites is 2. The van der Waals surface area contributed by atoms with Crippen LogP contribution in [0.1, 0.15) is 25.7 Å². The van der Waals surface area contributed by atoms with Crippen LogP contribution < -0.4 is 10.2 Å². The number of hydrogen-bond donors (Lipinski definition) is 1. The highest BCUT2D eigenvalue weighted by Gasteiger charge is 2.51. The van der Waals surface area contributed by atoms with E-state index < -0.39 is 0 Å². The van der Waals surface area contributed by atoms with Crippen LogP contribution in [0.25, 0.3) is 0 Å². The molecule has 27 heavy (non-hydrogen) atoms. The second-order valence-electron chi connectivity index (χ2n) is 7.32. The van der Waals surface area contributed by atoms with Crippen LogP contribution in [-0.4, -0.2) is 42.7 Å². The zero-order valence-electron chi connectivity index (χ0n) is 15.1.